The van der Waals surface area contributed by atoms with Gasteiger partial charge in [0.1, 0.15) is 11.5 Å². The summed E-state index contributed by atoms with van der Waals surface area (Å²) in [5.74, 6) is 1.43. The lowest BCUT2D eigenvalue weighted by atomic mass is 9.95. The largest absolute Gasteiger partial charge is 0.497 e. The highest BCUT2D eigenvalue weighted by Gasteiger charge is 2.15. The minimum Gasteiger partial charge on any atom is -0.497 e. The molecule has 3 nitrogen and oxygen atoms in total. The van der Waals surface area contributed by atoms with E-state index in [9.17, 15) is 0 Å². The van der Waals surface area contributed by atoms with Gasteiger partial charge in [-0.1, -0.05) is 23.7 Å². The summed E-state index contributed by atoms with van der Waals surface area (Å²) in [6, 6.07) is 11.1. The van der Waals surface area contributed by atoms with Gasteiger partial charge in [0.05, 0.1) is 20.3 Å². The van der Waals surface area contributed by atoms with E-state index in [1.54, 1.807) is 14.2 Å². The van der Waals surface area contributed by atoms with Gasteiger partial charge in [-0.2, -0.15) is 0 Å². The SMILES string of the molecule is COc1cc(OC)cc(C(N)c2cccc(Cl)c2C)c1. The second kappa shape index (κ2) is 6.16. The van der Waals surface area contributed by atoms with Gasteiger partial charge in [-0.3, -0.25) is 0 Å². The van der Waals surface area contributed by atoms with Crippen molar-refractivity contribution in [1.29, 1.82) is 0 Å². The molecular weight excluding hydrogens is 274 g/mol. The fourth-order valence-corrected chi connectivity index (χ4v) is 2.33. The van der Waals surface area contributed by atoms with Crippen molar-refractivity contribution in [3.05, 3.63) is 58.1 Å². The van der Waals surface area contributed by atoms with Crippen LogP contribution in [0, 0.1) is 6.92 Å². The Bertz CT molecular complexity index is 591. The summed E-state index contributed by atoms with van der Waals surface area (Å²) >= 11 is 6.16. The molecule has 0 aromatic heterocycles. The van der Waals surface area contributed by atoms with Crippen molar-refractivity contribution >= 4 is 11.6 Å². The van der Waals surface area contributed by atoms with E-state index >= 15 is 0 Å². The predicted molar refractivity (Wildman–Crippen MR) is 81.8 cm³/mol. The summed E-state index contributed by atoms with van der Waals surface area (Å²) < 4.78 is 10.6. The van der Waals surface area contributed by atoms with Crippen molar-refractivity contribution in [3.8, 4) is 11.5 Å². The minimum absolute atomic E-state index is 0.280. The number of nitrogens with two attached hydrogens (primary N) is 1. The molecule has 0 aliphatic rings. The summed E-state index contributed by atoms with van der Waals surface area (Å²) in [5, 5.41) is 0.716. The molecule has 106 valence electrons. The number of methoxy groups -OCH3 is 2. The standard InChI is InChI=1S/C16H18ClNO2/c1-10-14(5-4-6-15(10)17)16(18)11-7-12(19-2)9-13(8-11)20-3/h4-9,16H,18H2,1-3H3. The average molecular weight is 292 g/mol. The molecule has 0 heterocycles. The number of rotatable bonds is 4. The van der Waals surface area contributed by atoms with Gasteiger partial charge in [0.25, 0.3) is 0 Å². The Hall–Kier alpha value is -1.71. The van der Waals surface area contributed by atoms with E-state index in [1.165, 1.54) is 0 Å². The van der Waals surface area contributed by atoms with Crippen LogP contribution in [0.3, 0.4) is 0 Å². The normalized spacial score (nSPS) is 12.1. The van der Waals surface area contributed by atoms with Gasteiger partial charge in [-0.25, -0.2) is 0 Å². The van der Waals surface area contributed by atoms with Crippen molar-refractivity contribution in [3.63, 3.8) is 0 Å². The second-order valence-electron chi connectivity index (χ2n) is 4.58. The van der Waals surface area contributed by atoms with E-state index in [0.29, 0.717) is 5.02 Å². The van der Waals surface area contributed by atoms with Crippen molar-refractivity contribution in [2.75, 3.05) is 14.2 Å². The van der Waals surface area contributed by atoms with Crippen LogP contribution in [-0.2, 0) is 0 Å². The van der Waals surface area contributed by atoms with Crippen LogP contribution >= 0.6 is 11.6 Å². The van der Waals surface area contributed by atoms with Crippen molar-refractivity contribution < 1.29 is 9.47 Å². The third kappa shape index (κ3) is 2.89. The highest BCUT2D eigenvalue weighted by molar-refractivity contribution is 6.31. The monoisotopic (exact) mass is 291 g/mol. The number of hydrogen-bond acceptors (Lipinski definition) is 3. The van der Waals surface area contributed by atoms with E-state index < -0.39 is 0 Å². The van der Waals surface area contributed by atoms with Gasteiger partial charge in [0.2, 0.25) is 0 Å². The maximum absolute atomic E-state index is 6.36. The maximum atomic E-state index is 6.36. The van der Waals surface area contributed by atoms with E-state index in [4.69, 9.17) is 26.8 Å². The first-order valence-electron chi connectivity index (χ1n) is 6.30. The summed E-state index contributed by atoms with van der Waals surface area (Å²) in [5.41, 5.74) is 9.27. The van der Waals surface area contributed by atoms with Crippen LogP contribution in [0.5, 0.6) is 11.5 Å². The first kappa shape index (κ1) is 14.7. The van der Waals surface area contributed by atoms with Crippen LogP contribution in [0.15, 0.2) is 36.4 Å². The zero-order valence-corrected chi connectivity index (χ0v) is 12.6. The molecule has 20 heavy (non-hydrogen) atoms. The van der Waals surface area contributed by atoms with Gasteiger partial charge >= 0.3 is 0 Å². The van der Waals surface area contributed by atoms with Gasteiger partial charge in [0, 0.05) is 11.1 Å². The molecule has 2 rings (SSSR count). The lowest BCUT2D eigenvalue weighted by Gasteiger charge is -2.17. The smallest absolute Gasteiger partial charge is 0.122 e. The summed E-state index contributed by atoms with van der Waals surface area (Å²) in [6.07, 6.45) is 0. The number of hydrogen-bond donors (Lipinski definition) is 1. The lowest BCUT2D eigenvalue weighted by Crippen LogP contribution is -2.13. The number of ether oxygens (including phenoxy) is 2. The van der Waals surface area contributed by atoms with Crippen molar-refractivity contribution in [2.45, 2.75) is 13.0 Å². The Kier molecular flexibility index (Phi) is 4.53. The third-order valence-corrected chi connectivity index (χ3v) is 3.79. The molecule has 0 radical (unpaired) electrons. The molecule has 4 heteroatoms. The van der Waals surface area contributed by atoms with Crippen LogP contribution in [-0.4, -0.2) is 14.2 Å². The van der Waals surface area contributed by atoms with E-state index in [0.717, 1.165) is 28.2 Å². The molecule has 0 bridgehead atoms. The summed E-state index contributed by atoms with van der Waals surface area (Å²) in [6.45, 7) is 1.97. The van der Waals surface area contributed by atoms with E-state index in [-0.39, 0.29) is 6.04 Å². The average Bonchev–Trinajstić information content (AvgIpc) is 2.48. The van der Waals surface area contributed by atoms with Crippen molar-refractivity contribution in [2.24, 2.45) is 5.73 Å². The summed E-state index contributed by atoms with van der Waals surface area (Å²) in [4.78, 5) is 0. The molecule has 0 aliphatic heterocycles. The second-order valence-corrected chi connectivity index (χ2v) is 4.98. The van der Waals surface area contributed by atoms with Crippen LogP contribution in [0.2, 0.25) is 5.02 Å². The van der Waals surface area contributed by atoms with Gasteiger partial charge in [-0.15, -0.1) is 0 Å². The Balaban J connectivity index is 2.47. The quantitative estimate of drug-likeness (QED) is 0.934. The predicted octanol–water partition coefficient (Wildman–Crippen LogP) is 3.71. The zero-order valence-electron chi connectivity index (χ0n) is 11.8. The van der Waals surface area contributed by atoms with Crippen LogP contribution in [0.25, 0.3) is 0 Å². The Labute approximate surface area is 124 Å². The molecule has 0 amide bonds. The maximum Gasteiger partial charge on any atom is 0.122 e. The first-order valence-corrected chi connectivity index (χ1v) is 6.68. The molecule has 0 aliphatic carbocycles. The third-order valence-electron chi connectivity index (χ3n) is 3.38. The van der Waals surface area contributed by atoms with Crippen LogP contribution < -0.4 is 15.2 Å². The van der Waals surface area contributed by atoms with E-state index in [2.05, 4.69) is 0 Å². The molecule has 0 saturated carbocycles. The number of halogens is 1. The molecule has 2 N–H and O–H groups in total. The summed E-state index contributed by atoms with van der Waals surface area (Å²) in [7, 11) is 3.24. The molecule has 2 aromatic rings. The van der Waals surface area contributed by atoms with Gasteiger partial charge in [0.15, 0.2) is 0 Å². The van der Waals surface area contributed by atoms with Crippen LogP contribution in [0.4, 0.5) is 0 Å². The fraction of sp³-hybridized carbons (Fsp3) is 0.250. The molecule has 0 fully saturated rings. The zero-order chi connectivity index (χ0) is 14.7. The first-order chi connectivity index (χ1) is 9.56. The topological polar surface area (TPSA) is 44.5 Å². The molecule has 2 aromatic carbocycles. The van der Waals surface area contributed by atoms with Crippen molar-refractivity contribution in [1.82, 2.24) is 0 Å². The van der Waals surface area contributed by atoms with E-state index in [1.807, 2.05) is 43.3 Å². The highest BCUT2D eigenvalue weighted by Crippen LogP contribution is 2.31. The number of benzene rings is 2. The highest BCUT2D eigenvalue weighted by atomic mass is 35.5. The fourth-order valence-electron chi connectivity index (χ4n) is 2.15. The Morgan fingerprint density at radius 2 is 1.65 bits per heavy atom. The Morgan fingerprint density at radius 1 is 1.05 bits per heavy atom. The molecule has 1 unspecified atom stereocenters. The Morgan fingerprint density at radius 3 is 2.20 bits per heavy atom. The molecule has 0 spiro atoms. The van der Waals surface area contributed by atoms with Crippen LogP contribution in [0.1, 0.15) is 22.7 Å². The minimum atomic E-state index is -0.280. The van der Waals surface area contributed by atoms with Gasteiger partial charge < -0.3 is 15.2 Å². The molecular formula is C16H18ClNO2. The molecule has 0 saturated heterocycles. The van der Waals surface area contributed by atoms with Gasteiger partial charge in [-0.05, 0) is 41.8 Å². The molecule has 1 atom stereocenters. The lowest BCUT2D eigenvalue weighted by molar-refractivity contribution is 0.393.